The maximum Gasteiger partial charge on any atom is 0.347 e. The van der Waals surface area contributed by atoms with Gasteiger partial charge in [-0.3, -0.25) is 9.69 Å². The molecular weight excluding hydrogens is 218 g/mol. The van der Waals surface area contributed by atoms with Crippen molar-refractivity contribution in [2.75, 3.05) is 19.6 Å². The third-order valence-electron chi connectivity index (χ3n) is 3.72. The topological polar surface area (TPSA) is 54.7 Å². The van der Waals surface area contributed by atoms with Crippen LogP contribution in [0, 0.1) is 0 Å². The van der Waals surface area contributed by atoms with Crippen LogP contribution in [0.15, 0.2) is 0 Å². The van der Waals surface area contributed by atoms with E-state index in [9.17, 15) is 9.59 Å². The summed E-state index contributed by atoms with van der Waals surface area (Å²) in [5.41, 5.74) is 0. The summed E-state index contributed by atoms with van der Waals surface area (Å²) in [7, 11) is 0. The molecule has 2 fully saturated rings. The first-order valence-electron chi connectivity index (χ1n) is 6.37. The Kier molecular flexibility index (Phi) is 3.66. The van der Waals surface area contributed by atoms with Gasteiger partial charge in [0.1, 0.15) is 6.54 Å². The fourth-order valence-electron chi connectivity index (χ4n) is 2.79. The molecule has 5 nitrogen and oxygen atoms in total. The lowest BCUT2D eigenvalue weighted by atomic mass is 10.0. The van der Waals surface area contributed by atoms with E-state index in [-0.39, 0.29) is 18.5 Å². The number of carbonyl (C=O) groups is 2. The van der Waals surface area contributed by atoms with Crippen LogP contribution in [0.5, 0.6) is 0 Å². The molecule has 2 unspecified atom stereocenters. The van der Waals surface area contributed by atoms with Crippen molar-refractivity contribution in [3.8, 4) is 0 Å². The van der Waals surface area contributed by atoms with E-state index in [1.807, 2.05) is 0 Å². The molecule has 0 aromatic carbocycles. The van der Waals surface area contributed by atoms with E-state index in [0.717, 1.165) is 6.54 Å². The van der Waals surface area contributed by atoms with Crippen molar-refractivity contribution >= 4 is 11.9 Å². The lowest BCUT2D eigenvalue weighted by Gasteiger charge is -2.39. The molecule has 3 amide bonds. The predicted octanol–water partition coefficient (Wildman–Crippen LogP) is 0.816. The minimum absolute atomic E-state index is 0.158. The molecule has 0 N–H and O–H groups in total. The molecule has 2 rings (SSSR count). The van der Waals surface area contributed by atoms with Gasteiger partial charge in [0.05, 0.1) is 0 Å². The first kappa shape index (κ1) is 12.4. The Morgan fingerprint density at radius 3 is 2.76 bits per heavy atom. The molecule has 5 heteroatoms. The molecule has 0 aromatic rings. The molecule has 0 aliphatic carbocycles. The summed E-state index contributed by atoms with van der Waals surface area (Å²) >= 11 is 0. The Balaban J connectivity index is 1.89. The number of hydrogen-bond acceptors (Lipinski definition) is 3. The normalized spacial score (nSPS) is 28.4. The van der Waals surface area contributed by atoms with Crippen LogP contribution in [0.3, 0.4) is 0 Å². The third-order valence-corrected chi connectivity index (χ3v) is 3.72. The maximum atomic E-state index is 11.4. The van der Waals surface area contributed by atoms with Crippen molar-refractivity contribution < 1.29 is 9.59 Å². The summed E-state index contributed by atoms with van der Waals surface area (Å²) in [6.07, 6.45) is 3.74. The first-order valence-corrected chi connectivity index (χ1v) is 6.37. The second-order valence-electron chi connectivity index (χ2n) is 5.10. The Hall–Kier alpha value is -1.10. The molecule has 0 bridgehead atoms. The van der Waals surface area contributed by atoms with Gasteiger partial charge >= 0.3 is 6.03 Å². The van der Waals surface area contributed by atoms with E-state index in [1.165, 1.54) is 19.3 Å². The molecule has 0 spiro atoms. The zero-order chi connectivity index (χ0) is 12.4. The molecule has 0 saturated carbocycles. The van der Waals surface area contributed by atoms with Gasteiger partial charge in [0, 0.05) is 18.6 Å². The second-order valence-corrected chi connectivity index (χ2v) is 5.10. The highest BCUT2D eigenvalue weighted by molar-refractivity contribution is 6.01. The highest BCUT2D eigenvalue weighted by atomic mass is 16.2. The van der Waals surface area contributed by atoms with Crippen LogP contribution in [0.25, 0.3) is 0 Å². The second kappa shape index (κ2) is 5.04. The lowest BCUT2D eigenvalue weighted by molar-refractivity contribution is -0.118. The number of piperidine rings is 1. The summed E-state index contributed by atoms with van der Waals surface area (Å²) < 4.78 is 0. The van der Waals surface area contributed by atoms with Crippen molar-refractivity contribution in [3.63, 3.8) is 0 Å². The van der Waals surface area contributed by atoms with Gasteiger partial charge in [0.25, 0.3) is 5.91 Å². The SMILES string of the molecule is CC1CCCCN1C(C)CN1CC(=O)[N]C1=O. The van der Waals surface area contributed by atoms with Crippen molar-refractivity contribution in [1.29, 1.82) is 0 Å². The number of urea groups is 1. The zero-order valence-electron chi connectivity index (χ0n) is 10.6. The largest absolute Gasteiger partial charge is 0.347 e. The monoisotopic (exact) mass is 238 g/mol. The summed E-state index contributed by atoms with van der Waals surface area (Å²) in [5, 5.41) is 3.42. The minimum atomic E-state index is -0.369. The summed E-state index contributed by atoms with van der Waals surface area (Å²) in [5.74, 6) is -0.311. The van der Waals surface area contributed by atoms with Gasteiger partial charge in [-0.25, -0.2) is 4.79 Å². The molecule has 0 aromatic heterocycles. The van der Waals surface area contributed by atoms with Crippen molar-refractivity contribution in [2.24, 2.45) is 0 Å². The van der Waals surface area contributed by atoms with Crippen molar-refractivity contribution in [1.82, 2.24) is 15.1 Å². The summed E-state index contributed by atoms with van der Waals surface area (Å²) in [4.78, 5) is 26.4. The molecule has 2 aliphatic heterocycles. The molecule has 2 saturated heterocycles. The molecule has 95 valence electrons. The van der Waals surface area contributed by atoms with Crippen LogP contribution < -0.4 is 5.32 Å². The summed E-state index contributed by atoms with van der Waals surface area (Å²) in [6, 6.07) is 0.506. The van der Waals surface area contributed by atoms with Gasteiger partial charge in [-0.1, -0.05) is 6.42 Å². The van der Waals surface area contributed by atoms with Crippen molar-refractivity contribution in [2.45, 2.75) is 45.2 Å². The number of amides is 3. The van der Waals surface area contributed by atoms with Crippen LogP contribution in [0.2, 0.25) is 0 Å². The fourth-order valence-corrected chi connectivity index (χ4v) is 2.79. The number of rotatable bonds is 3. The Morgan fingerprint density at radius 1 is 1.41 bits per heavy atom. The molecule has 1 radical (unpaired) electrons. The molecule has 2 aliphatic rings. The first-order chi connectivity index (χ1) is 8.08. The Bertz CT molecular complexity index is 319. The maximum absolute atomic E-state index is 11.4. The van der Waals surface area contributed by atoms with E-state index in [2.05, 4.69) is 24.1 Å². The Morgan fingerprint density at radius 2 is 2.18 bits per heavy atom. The molecule has 17 heavy (non-hydrogen) atoms. The van der Waals surface area contributed by atoms with E-state index in [4.69, 9.17) is 0 Å². The van der Waals surface area contributed by atoms with E-state index in [0.29, 0.717) is 18.6 Å². The predicted molar refractivity (Wildman–Crippen MR) is 63.6 cm³/mol. The fraction of sp³-hybridized carbons (Fsp3) is 0.833. The van der Waals surface area contributed by atoms with Gasteiger partial charge < -0.3 is 4.90 Å². The highest BCUT2D eigenvalue weighted by Crippen LogP contribution is 2.19. The number of imide groups is 1. The smallest absolute Gasteiger partial charge is 0.312 e. The van der Waals surface area contributed by atoms with E-state index in [1.54, 1.807) is 4.90 Å². The Labute approximate surface area is 102 Å². The number of carbonyl (C=O) groups excluding carboxylic acids is 2. The minimum Gasteiger partial charge on any atom is -0.312 e. The zero-order valence-corrected chi connectivity index (χ0v) is 10.6. The quantitative estimate of drug-likeness (QED) is 0.684. The van der Waals surface area contributed by atoms with Gasteiger partial charge in [-0.2, -0.15) is 5.32 Å². The molecule has 2 heterocycles. The van der Waals surface area contributed by atoms with Crippen molar-refractivity contribution in [3.05, 3.63) is 0 Å². The number of hydrogen-bond donors (Lipinski definition) is 0. The standard InChI is InChI=1S/C12H20N3O2/c1-9-5-3-4-6-15(9)10(2)7-14-8-11(16)13-12(14)17/h9-10H,3-8H2,1-2H3. The van der Waals surface area contributed by atoms with Gasteiger partial charge in [-0.15, -0.1) is 0 Å². The van der Waals surface area contributed by atoms with Crippen LogP contribution in [-0.4, -0.2) is 53.5 Å². The van der Waals surface area contributed by atoms with Crippen LogP contribution in [0.4, 0.5) is 4.79 Å². The summed E-state index contributed by atoms with van der Waals surface area (Å²) in [6.45, 7) is 6.22. The van der Waals surface area contributed by atoms with Gasteiger partial charge in [0.15, 0.2) is 0 Å². The lowest BCUT2D eigenvalue weighted by Crippen LogP contribution is -2.48. The van der Waals surface area contributed by atoms with E-state index < -0.39 is 0 Å². The van der Waals surface area contributed by atoms with Crippen LogP contribution >= 0.6 is 0 Å². The number of nitrogens with zero attached hydrogens (tertiary/aromatic N) is 3. The van der Waals surface area contributed by atoms with E-state index >= 15 is 0 Å². The highest BCUT2D eigenvalue weighted by Gasteiger charge is 2.32. The molecular formula is C12H20N3O2. The van der Waals surface area contributed by atoms with Crippen LogP contribution in [0.1, 0.15) is 33.1 Å². The third kappa shape index (κ3) is 2.77. The number of likely N-dealkylation sites (tertiary alicyclic amines) is 1. The molecule has 2 atom stereocenters. The van der Waals surface area contributed by atoms with Crippen LogP contribution in [-0.2, 0) is 4.79 Å². The van der Waals surface area contributed by atoms with Gasteiger partial charge in [0.2, 0.25) is 0 Å². The average molecular weight is 238 g/mol. The van der Waals surface area contributed by atoms with Gasteiger partial charge in [-0.05, 0) is 33.2 Å². The average Bonchev–Trinajstić information content (AvgIpc) is 2.58.